The zero-order chi connectivity index (χ0) is 13.4. The number of furan rings is 1. The molecule has 0 aliphatic heterocycles. The van der Waals surface area contributed by atoms with Crippen molar-refractivity contribution in [3.8, 4) is 0 Å². The second-order valence-electron chi connectivity index (χ2n) is 3.59. The van der Waals surface area contributed by atoms with Gasteiger partial charge < -0.3 is 14.1 Å². The summed E-state index contributed by atoms with van der Waals surface area (Å²) >= 11 is 0. The molecule has 1 heterocycles. The minimum absolute atomic E-state index is 0.155. The van der Waals surface area contributed by atoms with Gasteiger partial charge in [0.05, 0.1) is 19.8 Å². The SMILES string of the molecule is CCN(CCC(=O)OC)C(=O)C=Cc1ccco1. The summed E-state index contributed by atoms with van der Waals surface area (Å²) < 4.78 is 9.62. The number of carbonyl (C=O) groups is 2. The lowest BCUT2D eigenvalue weighted by molar-refractivity contribution is -0.141. The number of hydrogen-bond acceptors (Lipinski definition) is 4. The first-order chi connectivity index (χ1) is 8.67. The van der Waals surface area contributed by atoms with E-state index in [1.54, 1.807) is 29.4 Å². The Morgan fingerprint density at radius 1 is 1.50 bits per heavy atom. The monoisotopic (exact) mass is 251 g/mol. The average molecular weight is 251 g/mol. The van der Waals surface area contributed by atoms with Gasteiger partial charge in [-0.3, -0.25) is 9.59 Å². The van der Waals surface area contributed by atoms with Gasteiger partial charge in [-0.2, -0.15) is 0 Å². The fourth-order valence-corrected chi connectivity index (χ4v) is 1.40. The summed E-state index contributed by atoms with van der Waals surface area (Å²) in [4.78, 5) is 24.4. The molecular formula is C13H17NO4. The van der Waals surface area contributed by atoms with Gasteiger partial charge in [0.25, 0.3) is 0 Å². The van der Waals surface area contributed by atoms with Crippen LogP contribution >= 0.6 is 0 Å². The summed E-state index contributed by atoms with van der Waals surface area (Å²) in [5.41, 5.74) is 0. The number of carbonyl (C=O) groups excluding carboxylic acids is 2. The van der Waals surface area contributed by atoms with Crippen LogP contribution in [0.15, 0.2) is 28.9 Å². The lowest BCUT2D eigenvalue weighted by atomic mass is 10.3. The minimum Gasteiger partial charge on any atom is -0.469 e. The molecule has 0 saturated heterocycles. The van der Waals surface area contributed by atoms with Crippen LogP contribution in [0.25, 0.3) is 6.08 Å². The minimum atomic E-state index is -0.323. The Balaban J connectivity index is 2.49. The van der Waals surface area contributed by atoms with Gasteiger partial charge in [0.2, 0.25) is 5.91 Å². The molecule has 0 fully saturated rings. The van der Waals surface area contributed by atoms with E-state index < -0.39 is 0 Å². The van der Waals surface area contributed by atoms with E-state index in [4.69, 9.17) is 4.42 Å². The van der Waals surface area contributed by atoms with Gasteiger partial charge in [-0.1, -0.05) is 0 Å². The number of rotatable bonds is 6. The van der Waals surface area contributed by atoms with E-state index in [2.05, 4.69) is 4.74 Å². The maximum absolute atomic E-state index is 11.8. The van der Waals surface area contributed by atoms with Crippen molar-refractivity contribution in [1.82, 2.24) is 4.90 Å². The lowest BCUT2D eigenvalue weighted by Crippen LogP contribution is -2.31. The Kier molecular flexibility index (Phi) is 5.70. The second-order valence-corrected chi connectivity index (χ2v) is 3.59. The largest absolute Gasteiger partial charge is 0.469 e. The maximum Gasteiger partial charge on any atom is 0.307 e. The number of nitrogens with zero attached hydrogens (tertiary/aromatic N) is 1. The van der Waals surface area contributed by atoms with E-state index in [9.17, 15) is 9.59 Å². The number of amides is 1. The molecule has 0 radical (unpaired) electrons. The average Bonchev–Trinajstić information content (AvgIpc) is 2.89. The van der Waals surface area contributed by atoms with Crippen LogP contribution in [-0.4, -0.2) is 37.0 Å². The van der Waals surface area contributed by atoms with Crippen LogP contribution in [-0.2, 0) is 14.3 Å². The molecule has 18 heavy (non-hydrogen) atoms. The number of likely N-dealkylation sites (N-methyl/N-ethyl adjacent to an activating group) is 1. The molecule has 0 aromatic carbocycles. The van der Waals surface area contributed by atoms with Gasteiger partial charge in [0.1, 0.15) is 5.76 Å². The quantitative estimate of drug-likeness (QED) is 0.570. The van der Waals surface area contributed by atoms with Crippen LogP contribution in [0.5, 0.6) is 0 Å². The van der Waals surface area contributed by atoms with E-state index in [1.807, 2.05) is 6.92 Å². The Labute approximate surface area is 106 Å². The van der Waals surface area contributed by atoms with Crippen molar-refractivity contribution in [3.05, 3.63) is 30.2 Å². The fraction of sp³-hybridized carbons (Fsp3) is 0.385. The van der Waals surface area contributed by atoms with E-state index in [0.29, 0.717) is 18.8 Å². The van der Waals surface area contributed by atoms with Crippen LogP contribution in [0.1, 0.15) is 19.1 Å². The highest BCUT2D eigenvalue weighted by Crippen LogP contribution is 2.03. The van der Waals surface area contributed by atoms with Gasteiger partial charge in [-0.05, 0) is 25.1 Å². The molecule has 5 heteroatoms. The number of hydrogen-bond donors (Lipinski definition) is 0. The van der Waals surface area contributed by atoms with Crippen molar-refractivity contribution in [2.45, 2.75) is 13.3 Å². The van der Waals surface area contributed by atoms with Crippen LogP contribution in [0.2, 0.25) is 0 Å². The zero-order valence-electron chi connectivity index (χ0n) is 10.6. The summed E-state index contributed by atoms with van der Waals surface area (Å²) in [5.74, 6) is 0.140. The number of ether oxygens (including phenoxy) is 1. The molecule has 1 rings (SSSR count). The highest BCUT2D eigenvalue weighted by Gasteiger charge is 2.10. The van der Waals surface area contributed by atoms with Crippen molar-refractivity contribution >= 4 is 18.0 Å². The van der Waals surface area contributed by atoms with Gasteiger partial charge in [-0.15, -0.1) is 0 Å². The molecule has 0 N–H and O–H groups in total. The lowest BCUT2D eigenvalue weighted by Gasteiger charge is -2.18. The molecule has 0 spiro atoms. The van der Waals surface area contributed by atoms with Crippen LogP contribution in [0, 0.1) is 0 Å². The summed E-state index contributed by atoms with van der Waals surface area (Å²) in [5, 5.41) is 0. The van der Waals surface area contributed by atoms with Crippen molar-refractivity contribution in [3.63, 3.8) is 0 Å². The topological polar surface area (TPSA) is 59.8 Å². The summed E-state index contributed by atoms with van der Waals surface area (Å²) in [7, 11) is 1.33. The van der Waals surface area contributed by atoms with Gasteiger partial charge in [-0.25, -0.2) is 0 Å². The first-order valence-electron chi connectivity index (χ1n) is 5.74. The highest BCUT2D eigenvalue weighted by molar-refractivity contribution is 5.91. The maximum atomic E-state index is 11.8. The molecule has 0 aliphatic rings. The summed E-state index contributed by atoms with van der Waals surface area (Å²) in [6.45, 7) is 2.75. The molecule has 1 amide bonds. The Morgan fingerprint density at radius 2 is 2.28 bits per heavy atom. The van der Waals surface area contributed by atoms with Crippen molar-refractivity contribution in [2.75, 3.05) is 20.2 Å². The third kappa shape index (κ3) is 4.45. The zero-order valence-corrected chi connectivity index (χ0v) is 10.6. The first-order valence-corrected chi connectivity index (χ1v) is 5.74. The molecule has 98 valence electrons. The van der Waals surface area contributed by atoms with E-state index in [-0.39, 0.29) is 18.3 Å². The molecule has 0 unspecified atom stereocenters. The number of methoxy groups -OCH3 is 1. The predicted octanol–water partition coefficient (Wildman–Crippen LogP) is 1.70. The molecule has 1 aromatic heterocycles. The van der Waals surface area contributed by atoms with Crippen molar-refractivity contribution in [2.24, 2.45) is 0 Å². The second kappa shape index (κ2) is 7.32. The van der Waals surface area contributed by atoms with Gasteiger partial charge in [0, 0.05) is 19.2 Å². The molecule has 0 atom stereocenters. The Morgan fingerprint density at radius 3 is 2.83 bits per heavy atom. The molecule has 0 aliphatic carbocycles. The highest BCUT2D eigenvalue weighted by atomic mass is 16.5. The van der Waals surface area contributed by atoms with Crippen LogP contribution in [0.4, 0.5) is 0 Å². The summed E-state index contributed by atoms with van der Waals surface area (Å²) in [6, 6.07) is 3.51. The van der Waals surface area contributed by atoms with E-state index in [1.165, 1.54) is 13.2 Å². The van der Waals surface area contributed by atoms with Crippen molar-refractivity contribution < 1.29 is 18.7 Å². The smallest absolute Gasteiger partial charge is 0.307 e. The third-order valence-electron chi connectivity index (χ3n) is 2.44. The van der Waals surface area contributed by atoms with Gasteiger partial charge in [0.15, 0.2) is 0 Å². The standard InChI is InChI=1S/C13H17NO4/c1-3-14(9-8-13(16)17-2)12(15)7-6-11-5-4-10-18-11/h4-7,10H,3,8-9H2,1-2H3. The molecule has 5 nitrogen and oxygen atoms in total. The van der Waals surface area contributed by atoms with Gasteiger partial charge >= 0.3 is 5.97 Å². The van der Waals surface area contributed by atoms with Crippen LogP contribution in [0.3, 0.4) is 0 Å². The molecule has 0 saturated carbocycles. The normalized spacial score (nSPS) is 10.6. The van der Waals surface area contributed by atoms with E-state index >= 15 is 0 Å². The summed E-state index contributed by atoms with van der Waals surface area (Å²) in [6.07, 6.45) is 4.77. The molecule has 0 bridgehead atoms. The molecule has 1 aromatic rings. The predicted molar refractivity (Wildman–Crippen MR) is 66.6 cm³/mol. The fourth-order valence-electron chi connectivity index (χ4n) is 1.40. The number of esters is 1. The Hall–Kier alpha value is -2.04. The first kappa shape index (κ1) is 14.0. The van der Waals surface area contributed by atoms with Crippen LogP contribution < -0.4 is 0 Å². The third-order valence-corrected chi connectivity index (χ3v) is 2.44. The van der Waals surface area contributed by atoms with Crippen molar-refractivity contribution in [1.29, 1.82) is 0 Å². The molecular weight excluding hydrogens is 234 g/mol. The Bertz CT molecular complexity index is 409. The van der Waals surface area contributed by atoms with E-state index in [0.717, 1.165) is 0 Å².